The van der Waals surface area contributed by atoms with Crippen molar-refractivity contribution in [1.82, 2.24) is 0 Å². The molecule has 0 bridgehead atoms. The molecule has 0 aliphatic rings. The van der Waals surface area contributed by atoms with E-state index in [2.05, 4.69) is 0 Å². The molecule has 1 aromatic carbocycles. The summed E-state index contributed by atoms with van der Waals surface area (Å²) in [6.07, 6.45) is -0.252. The molecule has 1 aromatic rings. The van der Waals surface area contributed by atoms with Crippen LogP contribution >= 0.6 is 11.8 Å². The molecule has 1 unspecified atom stereocenters. The van der Waals surface area contributed by atoms with Gasteiger partial charge in [-0.25, -0.2) is 0 Å². The Hall–Kier alpha value is -2.09. The summed E-state index contributed by atoms with van der Waals surface area (Å²) in [5, 5.41) is 11.4. The summed E-state index contributed by atoms with van der Waals surface area (Å²) in [5.41, 5.74) is -0.499. The summed E-state index contributed by atoms with van der Waals surface area (Å²) in [5.74, 6) is -2.19. The molecule has 1 rings (SSSR count). The van der Waals surface area contributed by atoms with Gasteiger partial charge in [0.05, 0.1) is 24.4 Å². The molecule has 0 fully saturated rings. The van der Waals surface area contributed by atoms with Gasteiger partial charge in [0.25, 0.3) is 5.69 Å². The Kier molecular flexibility index (Phi) is 7.62. The van der Waals surface area contributed by atoms with Crippen LogP contribution < -0.4 is 0 Å². The largest absolute Gasteiger partial charge is 0.469 e. The highest BCUT2D eigenvalue weighted by molar-refractivity contribution is 8.00. The predicted octanol–water partition coefficient (Wildman–Crippen LogP) is 4.08. The highest BCUT2D eigenvalue weighted by atomic mass is 32.2. The fourth-order valence-corrected chi connectivity index (χ4v) is 3.22. The molecule has 0 aliphatic heterocycles. The topological polar surface area (TPSA) is 95.7 Å². The maximum absolute atomic E-state index is 12.7. The number of carbonyl (C=O) groups excluding carboxylic acids is 2. The van der Waals surface area contributed by atoms with E-state index in [9.17, 15) is 19.7 Å². The van der Waals surface area contributed by atoms with Crippen LogP contribution in [0.2, 0.25) is 0 Å². The van der Waals surface area contributed by atoms with Crippen molar-refractivity contribution < 1.29 is 24.0 Å². The van der Waals surface area contributed by atoms with Crippen LogP contribution in [0.15, 0.2) is 23.1 Å². The predicted molar refractivity (Wildman–Crippen MR) is 99.3 cm³/mol. The summed E-state index contributed by atoms with van der Waals surface area (Å²) in [6, 6.07) is 4.33. The number of rotatable bonds is 7. The number of non-ortho nitro benzene ring substituents is 1. The van der Waals surface area contributed by atoms with Gasteiger partial charge in [0.2, 0.25) is 0 Å². The molecule has 0 amide bonds. The van der Waals surface area contributed by atoms with Crippen molar-refractivity contribution >= 4 is 29.4 Å². The molecule has 7 nitrogen and oxygen atoms in total. The molecule has 0 heterocycles. The van der Waals surface area contributed by atoms with Crippen molar-refractivity contribution in [2.45, 2.75) is 62.7 Å². The molecule has 0 saturated heterocycles. The highest BCUT2D eigenvalue weighted by Crippen LogP contribution is 2.36. The normalized spacial score (nSPS) is 12.6. The van der Waals surface area contributed by atoms with Crippen LogP contribution in [0.25, 0.3) is 0 Å². The first kappa shape index (κ1) is 22.0. The molecule has 0 aromatic heterocycles. The van der Waals surface area contributed by atoms with Gasteiger partial charge in [0.1, 0.15) is 5.60 Å². The van der Waals surface area contributed by atoms with Crippen molar-refractivity contribution in [1.29, 1.82) is 0 Å². The molecule has 0 radical (unpaired) electrons. The summed E-state index contributed by atoms with van der Waals surface area (Å²) in [4.78, 5) is 35.9. The third-order valence-corrected chi connectivity index (χ3v) is 4.33. The number of nitrogens with zero attached hydrogens (tertiary/aromatic N) is 1. The van der Waals surface area contributed by atoms with Crippen LogP contribution in [0.3, 0.4) is 0 Å². The van der Waals surface area contributed by atoms with Gasteiger partial charge in [0.15, 0.2) is 0 Å². The van der Waals surface area contributed by atoms with Gasteiger partial charge in [0, 0.05) is 22.3 Å². The van der Waals surface area contributed by atoms with Gasteiger partial charge in [-0.2, -0.15) is 0 Å². The molecule has 26 heavy (non-hydrogen) atoms. The summed E-state index contributed by atoms with van der Waals surface area (Å²) in [7, 11) is 1.23. The van der Waals surface area contributed by atoms with Gasteiger partial charge < -0.3 is 9.47 Å². The number of hydrogen-bond donors (Lipinski definition) is 0. The van der Waals surface area contributed by atoms with E-state index in [4.69, 9.17) is 9.47 Å². The van der Waals surface area contributed by atoms with Crippen molar-refractivity contribution in [3.8, 4) is 0 Å². The number of benzene rings is 1. The molecule has 0 aliphatic carbocycles. The van der Waals surface area contributed by atoms with Gasteiger partial charge in [-0.3, -0.25) is 19.7 Å². The van der Waals surface area contributed by atoms with Crippen LogP contribution in [0.1, 0.15) is 52.5 Å². The zero-order valence-electron chi connectivity index (χ0n) is 15.9. The average Bonchev–Trinajstić information content (AvgIpc) is 2.50. The van der Waals surface area contributed by atoms with E-state index in [0.29, 0.717) is 10.5 Å². The minimum atomic E-state index is -0.983. The van der Waals surface area contributed by atoms with Crippen molar-refractivity contribution in [2.75, 3.05) is 7.11 Å². The van der Waals surface area contributed by atoms with E-state index in [1.807, 2.05) is 13.8 Å². The number of carbonyl (C=O) groups is 2. The fraction of sp³-hybridized carbons (Fsp3) is 0.556. The Morgan fingerprint density at radius 2 is 1.88 bits per heavy atom. The molecule has 0 spiro atoms. The number of nitro groups is 1. The Bertz CT molecular complexity index is 681. The molecule has 1 atom stereocenters. The summed E-state index contributed by atoms with van der Waals surface area (Å²) < 4.78 is 10.1. The van der Waals surface area contributed by atoms with E-state index >= 15 is 0 Å². The first-order chi connectivity index (χ1) is 11.9. The first-order valence-electron chi connectivity index (χ1n) is 8.19. The second-order valence-electron chi connectivity index (χ2n) is 7.01. The van der Waals surface area contributed by atoms with Crippen molar-refractivity contribution in [2.24, 2.45) is 0 Å². The smallest absolute Gasteiger partial charge is 0.314 e. The van der Waals surface area contributed by atoms with E-state index < -0.39 is 28.4 Å². The van der Waals surface area contributed by atoms with Gasteiger partial charge in [-0.1, -0.05) is 13.8 Å². The Morgan fingerprint density at radius 3 is 2.35 bits per heavy atom. The molecular formula is C18H25NO6S. The highest BCUT2D eigenvalue weighted by Gasteiger charge is 2.32. The van der Waals surface area contributed by atoms with Crippen LogP contribution in [0.4, 0.5) is 5.69 Å². The van der Waals surface area contributed by atoms with Crippen LogP contribution in [-0.2, 0) is 19.1 Å². The molecule has 0 saturated carbocycles. The van der Waals surface area contributed by atoms with Gasteiger partial charge >= 0.3 is 11.9 Å². The lowest BCUT2D eigenvalue weighted by atomic mass is 9.94. The van der Waals surface area contributed by atoms with Crippen molar-refractivity contribution in [3.05, 3.63) is 33.9 Å². The lowest BCUT2D eigenvalue weighted by Crippen LogP contribution is -2.29. The second-order valence-corrected chi connectivity index (χ2v) is 8.63. The minimum absolute atomic E-state index is 0.147. The van der Waals surface area contributed by atoms with Gasteiger partial charge in [-0.05, 0) is 32.4 Å². The van der Waals surface area contributed by atoms with E-state index in [-0.39, 0.29) is 17.4 Å². The third kappa shape index (κ3) is 6.67. The lowest BCUT2D eigenvalue weighted by molar-refractivity contribution is -0.385. The Balaban J connectivity index is 3.44. The Morgan fingerprint density at radius 1 is 1.27 bits per heavy atom. The van der Waals surface area contributed by atoms with Crippen LogP contribution in [0.5, 0.6) is 0 Å². The third-order valence-electron chi connectivity index (χ3n) is 3.23. The molecule has 8 heteroatoms. The number of nitro benzene ring substituents is 1. The SMILES string of the molecule is COC(=O)CC(C(=O)OC(C)(C)C)c1cc([N+](=O)[O-])ccc1SC(C)C. The van der Waals surface area contributed by atoms with E-state index in [1.165, 1.54) is 31.0 Å². The Labute approximate surface area is 157 Å². The number of methoxy groups -OCH3 is 1. The van der Waals surface area contributed by atoms with E-state index in [1.54, 1.807) is 26.8 Å². The van der Waals surface area contributed by atoms with Crippen LogP contribution in [-0.4, -0.2) is 34.8 Å². The van der Waals surface area contributed by atoms with Crippen molar-refractivity contribution in [3.63, 3.8) is 0 Å². The number of hydrogen-bond acceptors (Lipinski definition) is 7. The van der Waals surface area contributed by atoms with Crippen LogP contribution in [0, 0.1) is 10.1 Å². The fourth-order valence-electron chi connectivity index (χ4n) is 2.23. The molecule has 144 valence electrons. The zero-order valence-corrected chi connectivity index (χ0v) is 16.7. The quantitative estimate of drug-likeness (QED) is 0.303. The maximum Gasteiger partial charge on any atom is 0.314 e. The number of esters is 2. The van der Waals surface area contributed by atoms with E-state index in [0.717, 1.165) is 0 Å². The maximum atomic E-state index is 12.7. The summed E-state index contributed by atoms with van der Waals surface area (Å²) in [6.45, 7) is 9.10. The standard InChI is InChI=1S/C18H25NO6S/c1-11(2)26-15-8-7-12(19(22)23)9-13(15)14(10-16(20)24-6)17(21)25-18(3,4)5/h7-9,11,14H,10H2,1-6H3. The second kappa shape index (κ2) is 9.02. The van der Waals surface area contributed by atoms with Gasteiger partial charge in [-0.15, -0.1) is 11.8 Å². The summed E-state index contributed by atoms with van der Waals surface area (Å²) >= 11 is 1.46. The average molecular weight is 383 g/mol. The zero-order chi connectivity index (χ0) is 20.1. The molecular weight excluding hydrogens is 358 g/mol. The molecule has 0 N–H and O–H groups in total. The monoisotopic (exact) mass is 383 g/mol. The minimum Gasteiger partial charge on any atom is -0.469 e. The lowest BCUT2D eigenvalue weighted by Gasteiger charge is -2.25. The number of thioether (sulfide) groups is 1. The number of ether oxygens (including phenoxy) is 2. The first-order valence-corrected chi connectivity index (χ1v) is 9.07.